The first-order chi connectivity index (χ1) is 6.74. The molecule has 78 valence electrons. The van der Waals surface area contributed by atoms with Gasteiger partial charge in [0.15, 0.2) is 0 Å². The fraction of sp³-hybridized carbons (Fsp3) is 0.400. The molecule has 0 spiro atoms. The van der Waals surface area contributed by atoms with Crippen molar-refractivity contribution in [2.75, 3.05) is 31.3 Å². The second-order valence-corrected chi connectivity index (χ2v) is 3.92. The van der Waals surface area contributed by atoms with Gasteiger partial charge in [0.25, 0.3) is 0 Å². The van der Waals surface area contributed by atoms with Gasteiger partial charge in [0.05, 0.1) is 11.4 Å². The molecule has 1 rings (SSSR count). The van der Waals surface area contributed by atoms with Crippen LogP contribution in [0.1, 0.15) is 6.42 Å². The highest BCUT2D eigenvalue weighted by atomic mass is 79.9. The highest BCUT2D eigenvalue weighted by Crippen LogP contribution is 2.22. The zero-order valence-electron chi connectivity index (χ0n) is 8.22. The highest BCUT2D eigenvalue weighted by molar-refractivity contribution is 9.10. The van der Waals surface area contributed by atoms with E-state index in [2.05, 4.69) is 21.2 Å². The average molecular weight is 259 g/mol. The molecule has 0 bridgehead atoms. The molecule has 0 aromatic heterocycles. The fourth-order valence-corrected chi connectivity index (χ4v) is 1.48. The first kappa shape index (κ1) is 11.3. The van der Waals surface area contributed by atoms with E-state index in [1.807, 2.05) is 18.2 Å². The molecular formula is C10H15BrN2O. The summed E-state index contributed by atoms with van der Waals surface area (Å²) in [6.07, 6.45) is 0.975. The first-order valence-electron chi connectivity index (χ1n) is 4.52. The maximum atomic E-state index is 5.79. The molecule has 0 atom stereocenters. The number of anilines is 2. The van der Waals surface area contributed by atoms with E-state index in [0.29, 0.717) is 0 Å². The number of benzene rings is 1. The van der Waals surface area contributed by atoms with Gasteiger partial charge in [-0.3, -0.25) is 0 Å². The molecular weight excluding hydrogens is 244 g/mol. The minimum absolute atomic E-state index is 0.765. The van der Waals surface area contributed by atoms with Crippen LogP contribution >= 0.6 is 15.9 Å². The Hall–Kier alpha value is -0.740. The molecule has 1 aromatic rings. The van der Waals surface area contributed by atoms with E-state index < -0.39 is 0 Å². The molecule has 4 heteroatoms. The Labute approximate surface area is 92.8 Å². The molecule has 0 aliphatic rings. The SMILES string of the molecule is COCCCNc1cc(Br)ccc1N. The zero-order valence-corrected chi connectivity index (χ0v) is 9.80. The van der Waals surface area contributed by atoms with Crippen molar-refractivity contribution in [1.82, 2.24) is 0 Å². The zero-order chi connectivity index (χ0) is 10.4. The van der Waals surface area contributed by atoms with Crippen LogP contribution in [0.2, 0.25) is 0 Å². The third-order valence-electron chi connectivity index (χ3n) is 1.86. The van der Waals surface area contributed by atoms with E-state index in [9.17, 15) is 0 Å². The van der Waals surface area contributed by atoms with Crippen LogP contribution in [0.4, 0.5) is 11.4 Å². The predicted molar refractivity (Wildman–Crippen MR) is 63.5 cm³/mol. The molecule has 14 heavy (non-hydrogen) atoms. The van der Waals surface area contributed by atoms with E-state index in [1.54, 1.807) is 7.11 Å². The standard InChI is InChI=1S/C10H15BrN2O/c1-14-6-2-5-13-10-7-8(11)3-4-9(10)12/h3-4,7,13H,2,5-6,12H2,1H3. The molecule has 0 aliphatic heterocycles. The van der Waals surface area contributed by atoms with Crippen molar-refractivity contribution < 1.29 is 4.74 Å². The van der Waals surface area contributed by atoms with Crippen molar-refractivity contribution >= 4 is 27.3 Å². The number of halogens is 1. The van der Waals surface area contributed by atoms with Crippen LogP contribution in [0.3, 0.4) is 0 Å². The third-order valence-corrected chi connectivity index (χ3v) is 2.35. The van der Waals surface area contributed by atoms with Crippen molar-refractivity contribution in [1.29, 1.82) is 0 Å². The lowest BCUT2D eigenvalue weighted by Gasteiger charge is -2.09. The summed E-state index contributed by atoms with van der Waals surface area (Å²) in [5.41, 5.74) is 7.53. The van der Waals surface area contributed by atoms with E-state index in [-0.39, 0.29) is 0 Å². The van der Waals surface area contributed by atoms with Crippen molar-refractivity contribution in [2.45, 2.75) is 6.42 Å². The summed E-state index contributed by atoms with van der Waals surface area (Å²) in [6, 6.07) is 5.78. The van der Waals surface area contributed by atoms with E-state index in [4.69, 9.17) is 10.5 Å². The molecule has 3 N–H and O–H groups in total. The normalized spacial score (nSPS) is 10.1. The quantitative estimate of drug-likeness (QED) is 0.630. The van der Waals surface area contributed by atoms with Gasteiger partial charge in [-0.25, -0.2) is 0 Å². The predicted octanol–water partition coefficient (Wildman–Crippen LogP) is 2.48. The molecule has 0 unspecified atom stereocenters. The lowest BCUT2D eigenvalue weighted by Crippen LogP contribution is -2.06. The number of nitrogen functional groups attached to an aromatic ring is 1. The van der Waals surface area contributed by atoms with Crippen LogP contribution in [0.15, 0.2) is 22.7 Å². The van der Waals surface area contributed by atoms with Crippen molar-refractivity contribution in [2.24, 2.45) is 0 Å². The number of rotatable bonds is 5. The Morgan fingerprint density at radius 2 is 2.29 bits per heavy atom. The molecule has 1 aromatic carbocycles. The number of nitrogens with one attached hydrogen (secondary N) is 1. The van der Waals surface area contributed by atoms with Gasteiger partial charge in [0, 0.05) is 24.7 Å². The van der Waals surface area contributed by atoms with Gasteiger partial charge in [-0.15, -0.1) is 0 Å². The lowest BCUT2D eigenvalue weighted by molar-refractivity contribution is 0.198. The van der Waals surface area contributed by atoms with Crippen LogP contribution in [0.5, 0.6) is 0 Å². The van der Waals surface area contributed by atoms with Crippen LogP contribution in [-0.2, 0) is 4.74 Å². The van der Waals surface area contributed by atoms with Gasteiger partial charge in [0.2, 0.25) is 0 Å². The smallest absolute Gasteiger partial charge is 0.0585 e. The van der Waals surface area contributed by atoms with Gasteiger partial charge in [-0.1, -0.05) is 15.9 Å². The van der Waals surface area contributed by atoms with Gasteiger partial charge >= 0.3 is 0 Å². The topological polar surface area (TPSA) is 47.3 Å². The van der Waals surface area contributed by atoms with Crippen LogP contribution in [0, 0.1) is 0 Å². The molecule has 0 fully saturated rings. The molecule has 3 nitrogen and oxygen atoms in total. The summed E-state index contributed by atoms with van der Waals surface area (Å²) in [7, 11) is 1.70. The Morgan fingerprint density at radius 1 is 1.50 bits per heavy atom. The second kappa shape index (κ2) is 5.88. The summed E-state index contributed by atoms with van der Waals surface area (Å²) in [6.45, 7) is 1.63. The summed E-state index contributed by atoms with van der Waals surface area (Å²) >= 11 is 3.40. The Balaban J connectivity index is 2.45. The summed E-state index contributed by atoms with van der Waals surface area (Å²) < 4.78 is 5.98. The minimum atomic E-state index is 0.765. The van der Waals surface area contributed by atoms with Crippen LogP contribution in [-0.4, -0.2) is 20.3 Å². The number of ether oxygens (including phenoxy) is 1. The molecule has 0 amide bonds. The third kappa shape index (κ3) is 3.55. The van der Waals surface area contributed by atoms with Crippen LogP contribution < -0.4 is 11.1 Å². The highest BCUT2D eigenvalue weighted by Gasteiger charge is 1.98. The Bertz CT molecular complexity index is 291. The summed E-state index contributed by atoms with van der Waals surface area (Å²) in [4.78, 5) is 0. The maximum absolute atomic E-state index is 5.79. The number of hydrogen-bond donors (Lipinski definition) is 2. The van der Waals surface area contributed by atoms with Crippen molar-refractivity contribution in [3.63, 3.8) is 0 Å². The molecule has 0 heterocycles. The van der Waals surface area contributed by atoms with Gasteiger partial charge in [-0.2, -0.15) is 0 Å². The largest absolute Gasteiger partial charge is 0.397 e. The average Bonchev–Trinajstić information content (AvgIpc) is 2.18. The number of methoxy groups -OCH3 is 1. The summed E-state index contributed by atoms with van der Waals surface area (Å²) in [5.74, 6) is 0. The molecule has 0 saturated carbocycles. The van der Waals surface area contributed by atoms with Gasteiger partial charge < -0.3 is 15.8 Å². The monoisotopic (exact) mass is 258 g/mol. The molecule has 0 radical (unpaired) electrons. The first-order valence-corrected chi connectivity index (χ1v) is 5.31. The number of hydrogen-bond acceptors (Lipinski definition) is 3. The van der Waals surface area contributed by atoms with Gasteiger partial charge in [0.1, 0.15) is 0 Å². The van der Waals surface area contributed by atoms with Crippen molar-refractivity contribution in [3.8, 4) is 0 Å². The van der Waals surface area contributed by atoms with Crippen LogP contribution in [0.25, 0.3) is 0 Å². The van der Waals surface area contributed by atoms with E-state index in [1.165, 1.54) is 0 Å². The maximum Gasteiger partial charge on any atom is 0.0585 e. The molecule has 0 aliphatic carbocycles. The van der Waals surface area contributed by atoms with Crippen molar-refractivity contribution in [3.05, 3.63) is 22.7 Å². The second-order valence-electron chi connectivity index (χ2n) is 3.00. The minimum Gasteiger partial charge on any atom is -0.397 e. The van der Waals surface area contributed by atoms with E-state index in [0.717, 1.165) is 35.4 Å². The fourth-order valence-electron chi connectivity index (χ4n) is 1.12. The molecule has 0 saturated heterocycles. The number of nitrogens with two attached hydrogens (primary N) is 1. The lowest BCUT2D eigenvalue weighted by atomic mass is 10.2. The summed E-state index contributed by atoms with van der Waals surface area (Å²) in [5, 5.41) is 3.25. The Kier molecular flexibility index (Phi) is 4.76. The Morgan fingerprint density at radius 3 is 3.00 bits per heavy atom. The van der Waals surface area contributed by atoms with E-state index >= 15 is 0 Å². The van der Waals surface area contributed by atoms with Gasteiger partial charge in [-0.05, 0) is 24.6 Å².